The van der Waals surface area contributed by atoms with E-state index < -0.39 is 92.3 Å². The van der Waals surface area contributed by atoms with Crippen molar-refractivity contribution in [3.05, 3.63) is 113 Å². The molecule has 4 saturated heterocycles. The lowest BCUT2D eigenvalue weighted by atomic mass is 9.46. The number of hydrogen-bond donors (Lipinski definition) is 8. The van der Waals surface area contributed by atoms with E-state index in [1.807, 2.05) is 44.9 Å². The van der Waals surface area contributed by atoms with E-state index in [0.29, 0.717) is 102 Å². The summed E-state index contributed by atoms with van der Waals surface area (Å²) in [5.41, 5.74) is -2.44. The van der Waals surface area contributed by atoms with Crippen LogP contribution in [0.3, 0.4) is 0 Å². The molecule has 8 saturated carbocycles. The lowest BCUT2D eigenvalue weighted by Crippen LogP contribution is -2.61. The topological polar surface area (TPSA) is 326 Å². The number of carboxylic acid groups (broad SMARTS) is 1. The van der Waals surface area contributed by atoms with Crippen LogP contribution in [0, 0.1) is 108 Å². The number of fused-ring (bicyclic) bond motifs is 14. The maximum Gasteiger partial charge on any atom is 0.343 e. The van der Waals surface area contributed by atoms with Crippen molar-refractivity contribution >= 4 is 68.3 Å². The number of benzene rings is 2. The normalized spacial score (nSPS) is 35.6. The second-order valence-corrected chi connectivity index (χ2v) is 37.0. The fourth-order valence-corrected chi connectivity index (χ4v) is 25.5. The van der Waals surface area contributed by atoms with Crippen LogP contribution in [0.1, 0.15) is 205 Å². The zero-order valence-corrected chi connectivity index (χ0v) is 67.4. The lowest BCUT2D eigenvalue weighted by Gasteiger charge is -2.59. The van der Waals surface area contributed by atoms with Crippen molar-refractivity contribution in [2.75, 3.05) is 76.5 Å². The van der Waals surface area contributed by atoms with Crippen molar-refractivity contribution in [1.82, 2.24) is 19.8 Å². The molecule has 6 heterocycles. The van der Waals surface area contributed by atoms with Gasteiger partial charge in [0.1, 0.15) is 40.3 Å². The minimum Gasteiger partial charge on any atom is -0.492 e. The number of aromatic carboxylic acids is 1. The molecular formula is C89H112F2N6O17. The molecule has 0 radical (unpaired) electrons. The number of anilines is 2. The Morgan fingerprint density at radius 2 is 1.00 bits per heavy atom. The van der Waals surface area contributed by atoms with Crippen LogP contribution in [-0.4, -0.2) is 177 Å². The van der Waals surface area contributed by atoms with E-state index in [4.69, 9.17) is 14.2 Å². The first-order valence-corrected chi connectivity index (χ1v) is 41.8. The number of Topliss-reactive ketones (excluding diaryl/α,β-unsaturated/α-hetero) is 2. The summed E-state index contributed by atoms with van der Waals surface area (Å²) >= 11 is 0. The third-order valence-electron chi connectivity index (χ3n) is 31.4. The van der Waals surface area contributed by atoms with Crippen molar-refractivity contribution in [3.63, 3.8) is 0 Å². The Morgan fingerprint density at radius 3 is 1.40 bits per heavy atom. The number of piperidine rings is 2. The van der Waals surface area contributed by atoms with E-state index in [9.17, 15) is 69.0 Å². The molecule has 0 bridgehead atoms. The number of ether oxygens (including phenoxy) is 3. The molecule has 12 fully saturated rings. The van der Waals surface area contributed by atoms with Gasteiger partial charge in [-0.2, -0.15) is 0 Å². The average molecular weight is 1580 g/mol. The molecule has 4 aromatic rings. The number of hydrogen-bond acceptors (Lipinski definition) is 20. The van der Waals surface area contributed by atoms with Crippen molar-refractivity contribution in [2.24, 2.45) is 69.0 Å². The number of allylic oxidation sites excluding steroid dienone is 8. The van der Waals surface area contributed by atoms with Crippen LogP contribution < -0.4 is 40.8 Å². The molecular weight excluding hydrogens is 1460 g/mol. The number of aliphatic hydroxyl groups excluding tert-OH is 3. The van der Waals surface area contributed by atoms with Gasteiger partial charge < -0.3 is 74.4 Å². The highest BCUT2D eigenvalue weighted by atomic mass is 19.1. The first-order valence-electron chi connectivity index (χ1n) is 41.8. The number of halogens is 2. The number of esters is 1. The molecule has 0 spiro atoms. The fourth-order valence-electron chi connectivity index (χ4n) is 25.5. The highest BCUT2D eigenvalue weighted by Crippen LogP contribution is 2.69. The predicted molar refractivity (Wildman–Crippen MR) is 423 cm³/mol. The Kier molecular flexibility index (Phi) is 20.4. The van der Waals surface area contributed by atoms with E-state index in [1.54, 1.807) is 52.0 Å². The van der Waals surface area contributed by atoms with Gasteiger partial charge in [0.25, 0.3) is 0 Å². The maximum atomic E-state index is 16.6. The molecule has 0 amide bonds. The quantitative estimate of drug-likeness (QED) is 0.0544. The Labute approximate surface area is 662 Å². The number of methoxy groups -OCH3 is 2. The second kappa shape index (κ2) is 29.1. The zero-order valence-electron chi connectivity index (χ0n) is 67.4. The van der Waals surface area contributed by atoms with Gasteiger partial charge in [-0.05, 0) is 216 Å². The standard InChI is InChI=1S/C45H56FN3O8.C23H28FN3O4.C21H28O5/c1-23-34-38(41(56-5)39(37(23)46)48-21-25-7-6-17-47-31(25)22-48)49(27-9-10-27)24(2)35(40(34)53)42(54)57-18-14-33(52)45(55)16-13-30-29-11-8-26-19-28(50)12-15-43(26,3)36(29)32(51)20-44(30,45)4;1-11-16-19(27(14-6-7-14)12(2)17(21(16)28)23(29)30)22(31-3)20(18(11)24)26-9-13-5-4-8-25-15(13)10-26;1-19-7-5-13(23)9-12(19)3-4-14-15-6-8-21(26,17(25)11-22)20(15,2)10-16(24)18(14)19/h12,15,19,25,27,29-32,36,47,51,55H,6-11,13-14,16-18,20-22H2,1-5H3;13-15,25H,4-10H2,1-3H3,(H,29,30);5,7,9,14-16,18,22,24,26H,3-4,6,8,10-11H2,1-2H3/t25?,29-,30-,31?,32-,36+,43-,44-,45-;;14-,15-,16-,18+,19-,20-,21-/m0.0/s1. The third-order valence-corrected chi connectivity index (χ3v) is 31.4. The van der Waals surface area contributed by atoms with Crippen LogP contribution in [-0.2, 0) is 23.9 Å². The summed E-state index contributed by atoms with van der Waals surface area (Å²) in [7, 11) is 2.99. The number of carbonyl (C=O) groups is 6. The summed E-state index contributed by atoms with van der Waals surface area (Å²) in [5.74, 6) is -2.53. The molecule has 4 aliphatic heterocycles. The molecule has 614 valence electrons. The van der Waals surface area contributed by atoms with Gasteiger partial charge in [-0.15, -0.1) is 0 Å². The van der Waals surface area contributed by atoms with Crippen LogP contribution in [0.25, 0.3) is 21.8 Å². The van der Waals surface area contributed by atoms with Crippen molar-refractivity contribution in [1.29, 1.82) is 0 Å². The highest BCUT2D eigenvalue weighted by molar-refractivity contribution is 6.04. The Bertz CT molecular complexity index is 4970. The molecule has 2 aromatic heterocycles. The largest absolute Gasteiger partial charge is 0.492 e. The zero-order chi connectivity index (χ0) is 81.3. The number of nitrogens with one attached hydrogen (secondary N) is 2. The molecule has 25 heteroatoms. The lowest BCUT2D eigenvalue weighted by molar-refractivity contribution is -0.178. The Balaban J connectivity index is 0.000000144. The van der Waals surface area contributed by atoms with Gasteiger partial charge >= 0.3 is 11.9 Å². The van der Waals surface area contributed by atoms with Gasteiger partial charge in [0.05, 0.1) is 54.8 Å². The summed E-state index contributed by atoms with van der Waals surface area (Å²) in [6, 6.07) is 0.661. The minimum absolute atomic E-state index is 0.00241. The van der Waals surface area contributed by atoms with E-state index >= 15 is 8.78 Å². The third kappa shape index (κ3) is 12.2. The summed E-state index contributed by atoms with van der Waals surface area (Å²) < 4.78 is 53.8. The molecule has 114 heavy (non-hydrogen) atoms. The van der Waals surface area contributed by atoms with Crippen LogP contribution in [0.5, 0.6) is 11.5 Å². The first kappa shape index (κ1) is 80.0. The minimum atomic E-state index is -1.73. The number of nitrogens with zero attached hydrogens (tertiary/aromatic N) is 4. The number of pyridine rings is 2. The second-order valence-electron chi connectivity index (χ2n) is 37.0. The molecule has 14 aliphatic rings. The molecule has 10 aliphatic carbocycles. The number of ketones is 4. The van der Waals surface area contributed by atoms with E-state index in [2.05, 4.69) is 24.5 Å². The van der Waals surface area contributed by atoms with Crippen LogP contribution >= 0.6 is 0 Å². The Hall–Kier alpha value is -7.78. The molecule has 4 unspecified atom stereocenters. The SMILES string of the molecule is COc1c(N2CC3CCCNC3C2)c(F)c(C)c2c(=O)c(C(=O)O)c(C)n(C3CC3)c12.COc1c(N2CC3CCCNC3C2)c(F)c(C)c2c(=O)c(C(=O)OCCC(=O)[C@@]3(O)CC[C@H]4[C@@H]5CCC6=CC(=O)C=C[C@]6(C)[C@H]5[C@@H](O)C[C@@]43C)c(C)n(C3CC3)c12.C[C@]12C=CC(=O)C=C1CC[C@@H]1[C@@H]2[C@@H](O)C[C@@]2(C)[C@H]1CC[C@]2(O)C(=O)CO. The van der Waals surface area contributed by atoms with E-state index in [1.165, 1.54) is 14.2 Å². The van der Waals surface area contributed by atoms with Gasteiger partial charge in [0, 0.05) is 113 Å². The summed E-state index contributed by atoms with van der Waals surface area (Å²) in [6.45, 7) is 18.2. The van der Waals surface area contributed by atoms with E-state index in [0.717, 1.165) is 114 Å². The smallest absolute Gasteiger partial charge is 0.343 e. The summed E-state index contributed by atoms with van der Waals surface area (Å²) in [4.78, 5) is 108. The van der Waals surface area contributed by atoms with Crippen LogP contribution in [0.4, 0.5) is 20.2 Å². The van der Waals surface area contributed by atoms with Crippen molar-refractivity contribution < 1.29 is 82.4 Å². The Morgan fingerprint density at radius 1 is 0.579 bits per heavy atom. The summed E-state index contributed by atoms with van der Waals surface area (Å²) in [5, 5.41) is 72.7. The molecule has 2 aromatic carbocycles. The van der Waals surface area contributed by atoms with Crippen molar-refractivity contribution in [3.8, 4) is 11.5 Å². The van der Waals surface area contributed by atoms with Crippen LogP contribution in [0.2, 0.25) is 0 Å². The molecule has 18 rings (SSSR count). The number of carbonyl (C=O) groups excluding carboxylic acids is 5. The monoisotopic (exact) mass is 1570 g/mol. The van der Waals surface area contributed by atoms with E-state index in [-0.39, 0.29) is 130 Å². The number of aryl methyl sites for hydroxylation is 2. The molecule has 18 atom stereocenters. The number of carboxylic acids is 1. The van der Waals surface area contributed by atoms with Gasteiger partial charge in [0.15, 0.2) is 46.3 Å². The predicted octanol–water partition coefficient (Wildman–Crippen LogP) is 9.96. The summed E-state index contributed by atoms with van der Waals surface area (Å²) in [6.07, 6.45) is 22.3. The van der Waals surface area contributed by atoms with Crippen LogP contribution in [0.15, 0.2) is 57.2 Å². The maximum absolute atomic E-state index is 16.6. The van der Waals surface area contributed by atoms with Crippen molar-refractivity contribution in [2.45, 2.75) is 225 Å². The van der Waals surface area contributed by atoms with Gasteiger partial charge in [-0.1, -0.05) is 51.0 Å². The first-order chi connectivity index (χ1) is 54.2. The number of rotatable bonds is 14. The average Bonchev–Trinajstić information content (AvgIpc) is 1.50. The van der Waals surface area contributed by atoms with Gasteiger partial charge in [0.2, 0.25) is 10.9 Å². The van der Waals surface area contributed by atoms with Gasteiger partial charge in [-0.3, -0.25) is 28.8 Å². The van der Waals surface area contributed by atoms with Gasteiger partial charge in [-0.25, -0.2) is 18.4 Å². The number of aromatic nitrogens is 2. The number of aliphatic hydroxyl groups is 5. The highest BCUT2D eigenvalue weighted by Gasteiger charge is 2.70. The molecule has 8 N–H and O–H groups in total. The fraction of sp³-hybridized carbons (Fsp3) is 0.640. The molecule has 23 nitrogen and oxygen atoms in total.